The zero-order chi connectivity index (χ0) is 29.3. The fourth-order valence-corrected chi connectivity index (χ4v) is 5.42. The van der Waals surface area contributed by atoms with E-state index in [9.17, 15) is 9.59 Å². The molecule has 2 aliphatic heterocycles. The Labute approximate surface area is 247 Å². The molecule has 2 aromatic rings. The van der Waals surface area contributed by atoms with Crippen LogP contribution in [0.3, 0.4) is 0 Å². The largest absolute Gasteiger partial charge is 0.488 e. The predicted octanol–water partition coefficient (Wildman–Crippen LogP) is 5.88. The van der Waals surface area contributed by atoms with Crippen LogP contribution in [-0.4, -0.2) is 60.4 Å². The van der Waals surface area contributed by atoms with Crippen LogP contribution in [0.5, 0.6) is 0 Å². The summed E-state index contributed by atoms with van der Waals surface area (Å²) >= 11 is 0. The van der Waals surface area contributed by atoms with Gasteiger partial charge in [0.2, 0.25) is 5.90 Å². The SMILES string of the molecule is CN1CCCC1CCN(Cc1ccc(C(=O)Nc2ccccc2N)cc1)C(=O)N=C1COC=C(CC2=CC=CCC2)O1. The molecule has 2 heterocycles. The number of carbonyl (C=O) groups is 2. The third-order valence-electron chi connectivity index (χ3n) is 7.87. The lowest BCUT2D eigenvalue weighted by molar-refractivity contribution is 0.102. The van der Waals surface area contributed by atoms with Gasteiger partial charge in [0.1, 0.15) is 12.0 Å². The van der Waals surface area contributed by atoms with Crippen molar-refractivity contribution in [3.8, 4) is 0 Å². The van der Waals surface area contributed by atoms with Crippen LogP contribution in [0.1, 0.15) is 54.4 Å². The second-order valence-corrected chi connectivity index (χ2v) is 11.0. The number of nitrogen functional groups attached to an aromatic ring is 1. The van der Waals surface area contributed by atoms with Crippen LogP contribution in [0.2, 0.25) is 0 Å². The number of amides is 3. The first-order valence-corrected chi connectivity index (χ1v) is 14.6. The summed E-state index contributed by atoms with van der Waals surface area (Å²) in [6.07, 6.45) is 13.7. The minimum Gasteiger partial charge on any atom is -0.488 e. The zero-order valence-corrected chi connectivity index (χ0v) is 24.1. The van der Waals surface area contributed by atoms with Crippen LogP contribution >= 0.6 is 0 Å². The first kappa shape index (κ1) is 29.1. The highest BCUT2D eigenvalue weighted by Crippen LogP contribution is 2.24. The van der Waals surface area contributed by atoms with Crippen molar-refractivity contribution in [3.05, 3.63) is 95.5 Å². The normalized spacial score (nSPS) is 19.5. The highest BCUT2D eigenvalue weighted by atomic mass is 16.6. The highest BCUT2D eigenvalue weighted by Gasteiger charge is 2.24. The molecule has 3 N–H and O–H groups in total. The second-order valence-electron chi connectivity index (χ2n) is 11.0. The average Bonchev–Trinajstić information content (AvgIpc) is 3.41. The van der Waals surface area contributed by atoms with Crippen molar-refractivity contribution in [2.24, 2.45) is 4.99 Å². The summed E-state index contributed by atoms with van der Waals surface area (Å²) in [5.41, 5.74) is 9.69. The van der Waals surface area contributed by atoms with Crippen molar-refractivity contribution >= 4 is 29.2 Å². The molecule has 2 aromatic carbocycles. The summed E-state index contributed by atoms with van der Waals surface area (Å²) < 4.78 is 11.6. The van der Waals surface area contributed by atoms with Gasteiger partial charge < -0.3 is 30.3 Å². The molecule has 0 spiro atoms. The van der Waals surface area contributed by atoms with Crippen LogP contribution in [-0.2, 0) is 16.0 Å². The fourth-order valence-electron chi connectivity index (χ4n) is 5.42. The third-order valence-corrected chi connectivity index (χ3v) is 7.87. The number of para-hydroxylation sites is 2. The summed E-state index contributed by atoms with van der Waals surface area (Å²) in [6, 6.07) is 14.5. The number of carbonyl (C=O) groups excluding carboxylic acids is 2. The molecule has 1 aliphatic carbocycles. The molecule has 5 rings (SSSR count). The molecule has 1 saturated heterocycles. The lowest BCUT2D eigenvalue weighted by Gasteiger charge is -2.26. The molecule has 42 heavy (non-hydrogen) atoms. The van der Waals surface area contributed by atoms with Crippen LogP contribution in [0.4, 0.5) is 16.2 Å². The number of rotatable bonds is 9. The lowest BCUT2D eigenvalue weighted by Crippen LogP contribution is -2.35. The number of anilines is 2. The molecule has 9 heteroatoms. The first-order valence-electron chi connectivity index (χ1n) is 14.6. The number of benzene rings is 2. The van der Waals surface area contributed by atoms with Gasteiger partial charge in [-0.3, -0.25) is 4.79 Å². The van der Waals surface area contributed by atoms with E-state index >= 15 is 0 Å². The van der Waals surface area contributed by atoms with Crippen LogP contribution < -0.4 is 11.1 Å². The average molecular weight is 570 g/mol. The summed E-state index contributed by atoms with van der Waals surface area (Å²) in [5.74, 6) is 0.667. The van der Waals surface area contributed by atoms with E-state index in [1.807, 2.05) is 24.3 Å². The van der Waals surface area contributed by atoms with E-state index in [0.717, 1.165) is 37.8 Å². The molecule has 1 unspecified atom stereocenters. The molecule has 1 fully saturated rings. The number of ether oxygens (including phenoxy) is 2. The van der Waals surface area contributed by atoms with Gasteiger partial charge in [-0.2, -0.15) is 4.99 Å². The summed E-state index contributed by atoms with van der Waals surface area (Å²) in [6.45, 7) is 2.11. The fraction of sp³-hybridized carbons (Fsp3) is 0.364. The number of nitrogens with two attached hydrogens (primary N) is 1. The van der Waals surface area contributed by atoms with Gasteiger partial charge in [-0.25, -0.2) is 4.79 Å². The van der Waals surface area contributed by atoms with E-state index < -0.39 is 0 Å². The maximum absolute atomic E-state index is 13.5. The molecule has 220 valence electrons. The number of hydrogen-bond acceptors (Lipinski definition) is 6. The molecule has 3 aliphatic rings. The lowest BCUT2D eigenvalue weighted by atomic mass is 10.0. The number of allylic oxidation sites excluding steroid dienone is 4. The molecule has 1 atom stereocenters. The van der Waals surface area contributed by atoms with Crippen LogP contribution in [0.15, 0.2) is 89.3 Å². The van der Waals surface area contributed by atoms with E-state index in [-0.39, 0.29) is 24.4 Å². The number of nitrogens with one attached hydrogen (secondary N) is 1. The smallest absolute Gasteiger partial charge is 0.346 e. The van der Waals surface area contributed by atoms with Crippen molar-refractivity contribution in [2.45, 2.75) is 51.1 Å². The van der Waals surface area contributed by atoms with Crippen molar-refractivity contribution < 1.29 is 19.1 Å². The number of nitrogens with zero attached hydrogens (tertiary/aromatic N) is 3. The van der Waals surface area contributed by atoms with Gasteiger partial charge in [-0.05, 0) is 75.5 Å². The Morgan fingerprint density at radius 2 is 2.00 bits per heavy atom. The maximum atomic E-state index is 13.5. The Morgan fingerprint density at radius 3 is 2.74 bits per heavy atom. The molecule has 0 aromatic heterocycles. The second kappa shape index (κ2) is 14.0. The summed E-state index contributed by atoms with van der Waals surface area (Å²) in [4.78, 5) is 34.7. The van der Waals surface area contributed by atoms with Crippen LogP contribution in [0.25, 0.3) is 0 Å². The Morgan fingerprint density at radius 1 is 1.17 bits per heavy atom. The van der Waals surface area contributed by atoms with E-state index in [0.29, 0.717) is 48.2 Å². The van der Waals surface area contributed by atoms with Gasteiger partial charge in [-0.15, -0.1) is 0 Å². The van der Waals surface area contributed by atoms with Gasteiger partial charge >= 0.3 is 6.03 Å². The molecule has 3 amide bonds. The van der Waals surface area contributed by atoms with Gasteiger partial charge in [0, 0.05) is 31.1 Å². The molecule has 0 bridgehead atoms. The van der Waals surface area contributed by atoms with E-state index in [4.69, 9.17) is 15.2 Å². The van der Waals surface area contributed by atoms with Gasteiger partial charge in [-0.1, -0.05) is 48.1 Å². The topological polar surface area (TPSA) is 109 Å². The van der Waals surface area contributed by atoms with E-state index in [1.54, 1.807) is 35.4 Å². The van der Waals surface area contributed by atoms with Gasteiger partial charge in [0.15, 0.2) is 6.61 Å². The van der Waals surface area contributed by atoms with Crippen molar-refractivity contribution in [3.63, 3.8) is 0 Å². The zero-order valence-electron chi connectivity index (χ0n) is 24.1. The van der Waals surface area contributed by atoms with Gasteiger partial charge in [0.25, 0.3) is 5.91 Å². The maximum Gasteiger partial charge on any atom is 0.346 e. The van der Waals surface area contributed by atoms with Crippen LogP contribution in [0, 0.1) is 0 Å². The summed E-state index contributed by atoms with van der Waals surface area (Å²) in [7, 11) is 2.13. The van der Waals surface area contributed by atoms with Gasteiger partial charge in [0.05, 0.1) is 11.4 Å². The highest BCUT2D eigenvalue weighted by molar-refractivity contribution is 6.05. The van der Waals surface area contributed by atoms with Crippen molar-refractivity contribution in [2.75, 3.05) is 37.8 Å². The number of likely N-dealkylation sites (tertiary alicyclic amines) is 1. The molecule has 0 radical (unpaired) electrons. The monoisotopic (exact) mass is 569 g/mol. The Kier molecular flexibility index (Phi) is 9.71. The third kappa shape index (κ3) is 7.88. The number of urea groups is 1. The summed E-state index contributed by atoms with van der Waals surface area (Å²) in [5, 5.41) is 2.85. The first-order chi connectivity index (χ1) is 20.4. The molecule has 9 nitrogen and oxygen atoms in total. The number of hydrogen-bond donors (Lipinski definition) is 2. The predicted molar refractivity (Wildman–Crippen MR) is 165 cm³/mol. The van der Waals surface area contributed by atoms with Crippen molar-refractivity contribution in [1.29, 1.82) is 0 Å². The minimum absolute atomic E-state index is 0.114. The van der Waals surface area contributed by atoms with Crippen molar-refractivity contribution in [1.82, 2.24) is 9.80 Å². The Balaban J connectivity index is 1.25. The standard InChI is InChI=1S/C33H39N5O4/c1-37-18-7-10-27(37)17-19-38(33(40)36-31-23-41-22-28(42-31)20-24-8-3-2-4-9-24)21-25-13-15-26(16-14-25)32(39)35-30-12-6-5-11-29(30)34/h2-3,5-6,8,11-16,22,27H,4,7,9-10,17-21,23,34H2,1H3,(H,35,39). The Hall–Kier alpha value is -4.37. The quantitative estimate of drug-likeness (QED) is 0.365. The van der Waals surface area contributed by atoms with E-state index in [2.05, 4.69) is 40.5 Å². The molecule has 0 saturated carbocycles. The van der Waals surface area contributed by atoms with E-state index in [1.165, 1.54) is 12.0 Å². The Bertz CT molecular complexity index is 1400. The molecular weight excluding hydrogens is 530 g/mol. The number of aliphatic imine (C=N–C) groups is 1. The molecular formula is C33H39N5O4. The minimum atomic E-state index is -0.364.